The quantitative estimate of drug-likeness (QED) is 0.535. The summed E-state index contributed by atoms with van der Waals surface area (Å²) >= 11 is 0. The molecule has 0 aromatic heterocycles. The summed E-state index contributed by atoms with van der Waals surface area (Å²) in [7, 11) is 0. The predicted molar refractivity (Wildman–Crippen MR) is 94.5 cm³/mol. The molecule has 0 radical (unpaired) electrons. The van der Waals surface area contributed by atoms with E-state index >= 15 is 0 Å². The summed E-state index contributed by atoms with van der Waals surface area (Å²) < 4.78 is 5.23. The van der Waals surface area contributed by atoms with Crippen molar-refractivity contribution in [2.75, 3.05) is 13.2 Å². The van der Waals surface area contributed by atoms with Crippen LogP contribution in [0, 0.1) is 5.92 Å². The number of rotatable bonds is 8. The first-order valence-electron chi connectivity index (χ1n) is 9.29. The molecule has 1 aromatic rings. The Kier molecular flexibility index (Phi) is 8.60. The SMILES string of the molecule is O=C(NCCCC1CCCCCC1)OCCCc1ccccc1. The van der Waals surface area contributed by atoms with Crippen molar-refractivity contribution in [1.82, 2.24) is 5.32 Å². The second-order valence-electron chi connectivity index (χ2n) is 6.65. The highest BCUT2D eigenvalue weighted by molar-refractivity contribution is 5.66. The lowest BCUT2D eigenvalue weighted by Gasteiger charge is -2.13. The Balaban J connectivity index is 1.45. The summed E-state index contributed by atoms with van der Waals surface area (Å²) in [5.41, 5.74) is 1.29. The molecule has 1 saturated carbocycles. The van der Waals surface area contributed by atoms with Crippen molar-refractivity contribution in [3.8, 4) is 0 Å². The van der Waals surface area contributed by atoms with Crippen LogP contribution in [0.5, 0.6) is 0 Å². The lowest BCUT2D eigenvalue weighted by molar-refractivity contribution is 0.144. The highest BCUT2D eigenvalue weighted by Crippen LogP contribution is 2.26. The third kappa shape index (κ3) is 8.06. The summed E-state index contributed by atoms with van der Waals surface area (Å²) in [6.07, 6.45) is 12.2. The van der Waals surface area contributed by atoms with Gasteiger partial charge in [-0.05, 0) is 37.2 Å². The molecule has 1 aliphatic rings. The van der Waals surface area contributed by atoms with Gasteiger partial charge in [-0.25, -0.2) is 4.79 Å². The molecule has 0 spiro atoms. The van der Waals surface area contributed by atoms with Gasteiger partial charge in [-0.3, -0.25) is 0 Å². The van der Waals surface area contributed by atoms with Gasteiger partial charge in [0.25, 0.3) is 0 Å². The number of hydrogen-bond donors (Lipinski definition) is 1. The molecular formula is C20H31NO2. The number of carbonyl (C=O) groups is 1. The second kappa shape index (κ2) is 11.1. The molecular weight excluding hydrogens is 286 g/mol. The van der Waals surface area contributed by atoms with Gasteiger partial charge in [0.1, 0.15) is 0 Å². The summed E-state index contributed by atoms with van der Waals surface area (Å²) in [6.45, 7) is 1.23. The molecule has 0 bridgehead atoms. The van der Waals surface area contributed by atoms with Crippen LogP contribution in [0.2, 0.25) is 0 Å². The predicted octanol–water partition coefficient (Wildman–Crippen LogP) is 5.10. The average molecular weight is 317 g/mol. The number of amides is 1. The smallest absolute Gasteiger partial charge is 0.407 e. The zero-order valence-electron chi connectivity index (χ0n) is 14.3. The van der Waals surface area contributed by atoms with E-state index < -0.39 is 0 Å². The van der Waals surface area contributed by atoms with Gasteiger partial charge in [0.15, 0.2) is 0 Å². The van der Waals surface area contributed by atoms with Crippen LogP contribution >= 0.6 is 0 Å². The van der Waals surface area contributed by atoms with Crippen molar-refractivity contribution in [1.29, 1.82) is 0 Å². The van der Waals surface area contributed by atoms with Crippen LogP contribution in [0.4, 0.5) is 4.79 Å². The molecule has 128 valence electrons. The first-order chi connectivity index (χ1) is 11.3. The molecule has 23 heavy (non-hydrogen) atoms. The standard InChI is InChI=1S/C20H31NO2/c22-20(23-17-9-15-19-12-6-3-7-13-19)21-16-8-14-18-10-4-1-2-5-11-18/h3,6-7,12-13,18H,1-2,4-5,8-11,14-17H2,(H,21,22). The summed E-state index contributed by atoms with van der Waals surface area (Å²) in [5.74, 6) is 0.876. The van der Waals surface area contributed by atoms with E-state index in [1.807, 2.05) is 18.2 Å². The van der Waals surface area contributed by atoms with Gasteiger partial charge in [0.05, 0.1) is 6.61 Å². The second-order valence-corrected chi connectivity index (χ2v) is 6.65. The minimum absolute atomic E-state index is 0.265. The molecule has 1 aliphatic carbocycles. The van der Waals surface area contributed by atoms with Gasteiger partial charge in [0.2, 0.25) is 0 Å². The molecule has 0 aliphatic heterocycles. The van der Waals surface area contributed by atoms with Crippen molar-refractivity contribution in [2.45, 2.75) is 64.2 Å². The summed E-state index contributed by atoms with van der Waals surface area (Å²) in [5, 5.41) is 2.88. The molecule has 2 rings (SSSR count). The van der Waals surface area contributed by atoms with E-state index in [0.717, 1.165) is 31.7 Å². The van der Waals surface area contributed by atoms with Crippen LogP contribution < -0.4 is 5.32 Å². The maximum atomic E-state index is 11.6. The molecule has 1 aromatic carbocycles. The van der Waals surface area contributed by atoms with Crippen LogP contribution in [0.15, 0.2) is 30.3 Å². The van der Waals surface area contributed by atoms with Crippen molar-refractivity contribution in [2.24, 2.45) is 5.92 Å². The molecule has 3 nitrogen and oxygen atoms in total. The van der Waals surface area contributed by atoms with Gasteiger partial charge in [-0.2, -0.15) is 0 Å². The minimum Gasteiger partial charge on any atom is -0.450 e. The number of ether oxygens (including phenoxy) is 1. The number of hydrogen-bond acceptors (Lipinski definition) is 2. The first-order valence-corrected chi connectivity index (χ1v) is 9.29. The molecule has 0 saturated heterocycles. The monoisotopic (exact) mass is 317 g/mol. The molecule has 0 unspecified atom stereocenters. The zero-order valence-corrected chi connectivity index (χ0v) is 14.3. The average Bonchev–Trinajstić information content (AvgIpc) is 2.85. The van der Waals surface area contributed by atoms with Crippen LogP contribution in [0.1, 0.15) is 63.4 Å². The minimum atomic E-state index is -0.265. The van der Waals surface area contributed by atoms with Crippen LogP contribution in [-0.2, 0) is 11.2 Å². The Bertz CT molecular complexity index is 425. The Morgan fingerprint density at radius 2 is 1.78 bits per heavy atom. The lowest BCUT2D eigenvalue weighted by Crippen LogP contribution is -2.26. The fraction of sp³-hybridized carbons (Fsp3) is 0.650. The van der Waals surface area contributed by atoms with Crippen molar-refractivity contribution in [3.05, 3.63) is 35.9 Å². The third-order valence-corrected chi connectivity index (χ3v) is 4.72. The highest BCUT2D eigenvalue weighted by atomic mass is 16.5. The molecule has 1 N–H and O–H groups in total. The Hall–Kier alpha value is -1.51. The van der Waals surface area contributed by atoms with Crippen molar-refractivity contribution < 1.29 is 9.53 Å². The van der Waals surface area contributed by atoms with E-state index in [-0.39, 0.29) is 6.09 Å². The fourth-order valence-corrected chi connectivity index (χ4v) is 3.37. The molecule has 3 heteroatoms. The van der Waals surface area contributed by atoms with Crippen LogP contribution in [-0.4, -0.2) is 19.2 Å². The van der Waals surface area contributed by atoms with Gasteiger partial charge in [0, 0.05) is 6.54 Å². The first kappa shape index (κ1) is 17.8. The van der Waals surface area contributed by atoms with E-state index in [1.165, 1.54) is 50.5 Å². The van der Waals surface area contributed by atoms with E-state index in [9.17, 15) is 4.79 Å². The topological polar surface area (TPSA) is 38.3 Å². The van der Waals surface area contributed by atoms with Gasteiger partial charge in [-0.15, -0.1) is 0 Å². The molecule has 1 amide bonds. The number of alkyl carbamates (subject to hydrolysis) is 1. The van der Waals surface area contributed by atoms with Gasteiger partial charge >= 0.3 is 6.09 Å². The Labute approximate surface area is 140 Å². The number of benzene rings is 1. The Morgan fingerprint density at radius 3 is 2.52 bits per heavy atom. The molecule has 0 heterocycles. The van der Waals surface area contributed by atoms with Crippen LogP contribution in [0.25, 0.3) is 0 Å². The normalized spacial score (nSPS) is 15.8. The molecule has 1 fully saturated rings. The zero-order chi connectivity index (χ0) is 16.2. The number of nitrogens with one attached hydrogen (secondary N) is 1. The number of aryl methyl sites for hydroxylation is 1. The maximum Gasteiger partial charge on any atom is 0.407 e. The summed E-state index contributed by atoms with van der Waals surface area (Å²) in [6, 6.07) is 10.3. The lowest BCUT2D eigenvalue weighted by atomic mass is 9.95. The van der Waals surface area contributed by atoms with E-state index in [2.05, 4.69) is 17.4 Å². The Morgan fingerprint density at radius 1 is 1.04 bits per heavy atom. The van der Waals surface area contributed by atoms with E-state index in [1.54, 1.807) is 0 Å². The maximum absolute atomic E-state index is 11.6. The largest absolute Gasteiger partial charge is 0.450 e. The number of carbonyl (C=O) groups excluding carboxylic acids is 1. The van der Waals surface area contributed by atoms with Crippen LogP contribution in [0.3, 0.4) is 0 Å². The van der Waals surface area contributed by atoms with E-state index in [0.29, 0.717) is 6.61 Å². The van der Waals surface area contributed by atoms with E-state index in [4.69, 9.17) is 4.74 Å². The van der Waals surface area contributed by atoms with Gasteiger partial charge < -0.3 is 10.1 Å². The fourth-order valence-electron chi connectivity index (χ4n) is 3.37. The highest BCUT2D eigenvalue weighted by Gasteiger charge is 2.11. The van der Waals surface area contributed by atoms with Crippen molar-refractivity contribution in [3.63, 3.8) is 0 Å². The van der Waals surface area contributed by atoms with Gasteiger partial charge in [-0.1, -0.05) is 68.9 Å². The van der Waals surface area contributed by atoms with Crippen molar-refractivity contribution >= 4 is 6.09 Å². The summed E-state index contributed by atoms with van der Waals surface area (Å²) in [4.78, 5) is 11.6. The third-order valence-electron chi connectivity index (χ3n) is 4.72. The molecule has 0 atom stereocenters.